The van der Waals surface area contributed by atoms with E-state index in [9.17, 15) is 9.90 Å². The van der Waals surface area contributed by atoms with Crippen molar-refractivity contribution in [3.63, 3.8) is 0 Å². The molecule has 0 aromatic heterocycles. The molecule has 4 nitrogen and oxygen atoms in total. The summed E-state index contributed by atoms with van der Waals surface area (Å²) in [7, 11) is 0. The zero-order valence-corrected chi connectivity index (χ0v) is 10.00. The van der Waals surface area contributed by atoms with E-state index in [0.717, 1.165) is 12.7 Å². The fraction of sp³-hybridized carbons (Fsp3) is 0.417. The maximum atomic E-state index is 10.4. The summed E-state index contributed by atoms with van der Waals surface area (Å²) in [6.07, 6.45) is 2.27. The first-order chi connectivity index (χ1) is 8.24. The summed E-state index contributed by atoms with van der Waals surface area (Å²) >= 11 is 5.91. The van der Waals surface area contributed by atoms with Crippen LogP contribution in [0.25, 0.3) is 0 Å². The highest BCUT2D eigenvalue weighted by molar-refractivity contribution is 6.32. The molecule has 0 unspecified atom stereocenters. The van der Waals surface area contributed by atoms with E-state index in [0.29, 0.717) is 43.1 Å². The average molecular weight is 257 g/mol. The summed E-state index contributed by atoms with van der Waals surface area (Å²) in [6.45, 7) is 1.09. The van der Waals surface area contributed by atoms with Gasteiger partial charge in [-0.25, -0.2) is 0 Å². The van der Waals surface area contributed by atoms with Crippen LogP contribution in [0, 0.1) is 0 Å². The first-order valence-electron chi connectivity index (χ1n) is 5.47. The van der Waals surface area contributed by atoms with Crippen LogP contribution in [0.5, 0.6) is 17.2 Å². The number of aromatic hydroxyl groups is 1. The van der Waals surface area contributed by atoms with E-state index in [4.69, 9.17) is 21.1 Å². The minimum Gasteiger partial charge on any atom is -0.506 e. The van der Waals surface area contributed by atoms with Crippen molar-refractivity contribution < 1.29 is 19.4 Å². The van der Waals surface area contributed by atoms with E-state index in [1.165, 1.54) is 0 Å². The molecule has 1 aliphatic heterocycles. The van der Waals surface area contributed by atoms with Crippen LogP contribution in [0.4, 0.5) is 0 Å². The second-order valence-electron chi connectivity index (χ2n) is 3.77. The lowest BCUT2D eigenvalue weighted by molar-refractivity contribution is -0.107. The summed E-state index contributed by atoms with van der Waals surface area (Å²) in [5.41, 5.74) is 0.543. The van der Waals surface area contributed by atoms with Crippen molar-refractivity contribution in [3.05, 3.63) is 16.7 Å². The number of phenols is 1. The second kappa shape index (κ2) is 5.27. The number of phenolic OH excluding ortho intramolecular Hbond substituents is 1. The van der Waals surface area contributed by atoms with Crippen LogP contribution in [0.15, 0.2) is 6.07 Å². The van der Waals surface area contributed by atoms with E-state index >= 15 is 0 Å². The highest BCUT2D eigenvalue weighted by Crippen LogP contribution is 2.43. The number of aldehydes is 1. The van der Waals surface area contributed by atoms with Crippen LogP contribution in [0.3, 0.4) is 0 Å². The van der Waals surface area contributed by atoms with Gasteiger partial charge in [-0.2, -0.15) is 0 Å². The molecule has 0 radical (unpaired) electrons. The normalized spacial score (nSPS) is 14.2. The van der Waals surface area contributed by atoms with Crippen LogP contribution >= 0.6 is 11.6 Å². The maximum Gasteiger partial charge on any atom is 0.168 e. The molecular weight excluding hydrogens is 244 g/mol. The third kappa shape index (κ3) is 2.47. The number of carbonyl (C=O) groups excluding carboxylic acids is 1. The van der Waals surface area contributed by atoms with Crippen molar-refractivity contribution in [1.82, 2.24) is 0 Å². The van der Waals surface area contributed by atoms with Crippen LogP contribution < -0.4 is 9.47 Å². The lowest BCUT2D eigenvalue weighted by atomic mass is 10.1. The molecule has 1 aromatic carbocycles. The molecule has 92 valence electrons. The smallest absolute Gasteiger partial charge is 0.168 e. The topological polar surface area (TPSA) is 55.8 Å². The number of rotatable bonds is 3. The fourth-order valence-corrected chi connectivity index (χ4v) is 1.98. The monoisotopic (exact) mass is 256 g/mol. The van der Waals surface area contributed by atoms with E-state index in [1.807, 2.05) is 0 Å². The summed E-state index contributed by atoms with van der Waals surface area (Å²) in [4.78, 5) is 10.4. The Balaban J connectivity index is 2.45. The number of fused-ring (bicyclic) bond motifs is 1. The van der Waals surface area contributed by atoms with Crippen LogP contribution in [-0.4, -0.2) is 24.6 Å². The highest BCUT2D eigenvalue weighted by Gasteiger charge is 2.20. The SMILES string of the molecule is O=CCCc1c(O)c(Cl)cc2c1OCCCO2. The van der Waals surface area contributed by atoms with Gasteiger partial charge in [0.15, 0.2) is 11.5 Å². The Labute approximate surface area is 104 Å². The van der Waals surface area contributed by atoms with Crippen molar-refractivity contribution in [3.8, 4) is 17.2 Å². The van der Waals surface area contributed by atoms with Gasteiger partial charge in [0.2, 0.25) is 0 Å². The predicted octanol–water partition coefficient (Wildman–Crippen LogP) is 2.34. The van der Waals surface area contributed by atoms with Gasteiger partial charge >= 0.3 is 0 Å². The van der Waals surface area contributed by atoms with Crippen LogP contribution in [-0.2, 0) is 11.2 Å². The number of halogens is 1. The molecule has 1 N–H and O–H groups in total. The van der Waals surface area contributed by atoms with Crippen molar-refractivity contribution in [2.75, 3.05) is 13.2 Å². The summed E-state index contributed by atoms with van der Waals surface area (Å²) in [5.74, 6) is 1.01. The van der Waals surface area contributed by atoms with Gasteiger partial charge in [0.1, 0.15) is 12.0 Å². The standard InChI is InChI=1S/C12H13ClO4/c13-9-7-10-12(17-6-2-5-16-10)8(11(9)15)3-1-4-14/h4,7,15H,1-3,5-6H2. The lowest BCUT2D eigenvalue weighted by Gasteiger charge is -2.14. The van der Waals surface area contributed by atoms with Gasteiger partial charge in [-0.05, 0) is 6.42 Å². The number of hydrogen-bond donors (Lipinski definition) is 1. The quantitative estimate of drug-likeness (QED) is 0.844. The van der Waals surface area contributed by atoms with Crippen LogP contribution in [0.1, 0.15) is 18.4 Å². The molecule has 0 spiro atoms. The van der Waals surface area contributed by atoms with Crippen LogP contribution in [0.2, 0.25) is 5.02 Å². The Morgan fingerprint density at radius 1 is 1.41 bits per heavy atom. The molecule has 0 saturated heterocycles. The zero-order valence-electron chi connectivity index (χ0n) is 9.24. The van der Waals surface area contributed by atoms with E-state index in [2.05, 4.69) is 0 Å². The van der Waals surface area contributed by atoms with Crippen molar-refractivity contribution in [1.29, 1.82) is 0 Å². The maximum absolute atomic E-state index is 10.4. The van der Waals surface area contributed by atoms with Gasteiger partial charge in [-0.3, -0.25) is 0 Å². The summed E-state index contributed by atoms with van der Waals surface area (Å²) < 4.78 is 11.0. The molecule has 0 saturated carbocycles. The largest absolute Gasteiger partial charge is 0.506 e. The molecule has 5 heteroatoms. The number of ether oxygens (including phenoxy) is 2. The molecule has 0 bridgehead atoms. The molecule has 1 aromatic rings. The minimum absolute atomic E-state index is 0.0298. The Morgan fingerprint density at radius 3 is 2.94 bits per heavy atom. The first-order valence-corrected chi connectivity index (χ1v) is 5.85. The Hall–Kier alpha value is -1.42. The molecule has 2 rings (SSSR count). The molecule has 0 aliphatic carbocycles. The summed E-state index contributed by atoms with van der Waals surface area (Å²) in [5, 5.41) is 10.1. The van der Waals surface area contributed by atoms with Gasteiger partial charge in [0.05, 0.1) is 18.2 Å². The molecular formula is C12H13ClO4. The van der Waals surface area contributed by atoms with Gasteiger partial charge in [-0.1, -0.05) is 11.6 Å². The summed E-state index contributed by atoms with van der Waals surface area (Å²) in [6, 6.07) is 1.54. The Bertz CT molecular complexity index is 431. The van der Waals surface area contributed by atoms with Crippen molar-refractivity contribution in [2.24, 2.45) is 0 Å². The number of benzene rings is 1. The molecule has 0 atom stereocenters. The Morgan fingerprint density at radius 2 is 2.18 bits per heavy atom. The number of carbonyl (C=O) groups is 1. The van der Waals surface area contributed by atoms with E-state index < -0.39 is 0 Å². The molecule has 17 heavy (non-hydrogen) atoms. The number of hydrogen-bond acceptors (Lipinski definition) is 4. The fourth-order valence-electron chi connectivity index (χ4n) is 1.77. The van der Waals surface area contributed by atoms with E-state index in [-0.39, 0.29) is 10.8 Å². The van der Waals surface area contributed by atoms with Gasteiger partial charge < -0.3 is 19.4 Å². The Kier molecular flexibility index (Phi) is 3.74. The molecule has 1 aliphatic rings. The van der Waals surface area contributed by atoms with Gasteiger partial charge in [-0.15, -0.1) is 0 Å². The predicted molar refractivity (Wildman–Crippen MR) is 63.1 cm³/mol. The van der Waals surface area contributed by atoms with Crippen molar-refractivity contribution in [2.45, 2.75) is 19.3 Å². The molecule has 0 fully saturated rings. The first kappa shape index (κ1) is 12.0. The third-order valence-electron chi connectivity index (χ3n) is 2.57. The van der Waals surface area contributed by atoms with E-state index in [1.54, 1.807) is 6.07 Å². The molecule has 1 heterocycles. The van der Waals surface area contributed by atoms with Gasteiger partial charge in [0.25, 0.3) is 0 Å². The molecule has 0 amide bonds. The second-order valence-corrected chi connectivity index (χ2v) is 4.18. The average Bonchev–Trinajstić information content (AvgIpc) is 2.55. The highest BCUT2D eigenvalue weighted by atomic mass is 35.5. The third-order valence-corrected chi connectivity index (χ3v) is 2.86. The zero-order chi connectivity index (χ0) is 12.3. The van der Waals surface area contributed by atoms with Crippen molar-refractivity contribution >= 4 is 17.9 Å². The lowest BCUT2D eigenvalue weighted by Crippen LogP contribution is -1.99. The minimum atomic E-state index is -0.0298. The van der Waals surface area contributed by atoms with Gasteiger partial charge in [0, 0.05) is 24.5 Å².